The Hall–Kier alpha value is -0.800. The first-order valence-corrected chi connectivity index (χ1v) is 7.33. The van der Waals surface area contributed by atoms with Crippen LogP contribution in [-0.4, -0.2) is 30.7 Å². The molecule has 1 N–H and O–H groups in total. The van der Waals surface area contributed by atoms with Gasteiger partial charge < -0.3 is 10.1 Å². The van der Waals surface area contributed by atoms with E-state index in [2.05, 4.69) is 15.0 Å². The Kier molecular flexibility index (Phi) is 5.50. The molecule has 2 rings (SSSR count). The van der Waals surface area contributed by atoms with Gasteiger partial charge in [-0.05, 0) is 12.8 Å². The molecular weight excluding hydrogens is 315 g/mol. The number of ether oxygens (including phenoxy) is 1. The third-order valence-electron chi connectivity index (χ3n) is 2.84. The van der Waals surface area contributed by atoms with Crippen molar-refractivity contribution in [3.63, 3.8) is 0 Å². The molecule has 0 atom stereocenters. The standard InChI is InChI=1S/C12H15F5N2OS/c13-9(14)6-20-4-3-10-19-11(12(15,16)17)8(21-10)5-18-7-1-2-7/h7,9,18H,1-6H2. The lowest BCUT2D eigenvalue weighted by Gasteiger charge is -2.06. The van der Waals surface area contributed by atoms with Gasteiger partial charge in [0, 0.05) is 19.0 Å². The number of hydrogen-bond acceptors (Lipinski definition) is 4. The first-order chi connectivity index (χ1) is 9.86. The first-order valence-electron chi connectivity index (χ1n) is 6.51. The molecule has 21 heavy (non-hydrogen) atoms. The highest BCUT2D eigenvalue weighted by molar-refractivity contribution is 7.11. The van der Waals surface area contributed by atoms with E-state index in [1.807, 2.05) is 0 Å². The maximum absolute atomic E-state index is 12.9. The molecule has 1 aromatic heterocycles. The summed E-state index contributed by atoms with van der Waals surface area (Å²) in [5, 5.41) is 3.27. The van der Waals surface area contributed by atoms with Crippen molar-refractivity contribution < 1.29 is 26.7 Å². The van der Waals surface area contributed by atoms with Crippen LogP contribution in [-0.2, 0) is 23.9 Å². The Balaban J connectivity index is 1.94. The van der Waals surface area contributed by atoms with E-state index in [-0.39, 0.29) is 29.5 Å². The van der Waals surface area contributed by atoms with E-state index >= 15 is 0 Å². The second-order valence-corrected chi connectivity index (χ2v) is 5.92. The molecule has 0 aliphatic heterocycles. The van der Waals surface area contributed by atoms with Gasteiger partial charge in [0.05, 0.1) is 16.5 Å². The molecule has 1 saturated carbocycles. The van der Waals surface area contributed by atoms with Crippen LogP contribution >= 0.6 is 11.3 Å². The molecule has 1 fully saturated rings. The molecule has 0 radical (unpaired) electrons. The lowest BCUT2D eigenvalue weighted by atomic mass is 10.3. The zero-order valence-electron chi connectivity index (χ0n) is 11.1. The summed E-state index contributed by atoms with van der Waals surface area (Å²) in [4.78, 5) is 3.72. The second-order valence-electron chi connectivity index (χ2n) is 4.75. The highest BCUT2D eigenvalue weighted by atomic mass is 32.1. The highest BCUT2D eigenvalue weighted by Crippen LogP contribution is 2.35. The lowest BCUT2D eigenvalue weighted by molar-refractivity contribution is -0.141. The maximum atomic E-state index is 12.9. The van der Waals surface area contributed by atoms with Gasteiger partial charge in [0.25, 0.3) is 6.43 Å². The van der Waals surface area contributed by atoms with Crippen molar-refractivity contribution in [2.45, 2.75) is 44.5 Å². The molecule has 1 aliphatic rings. The van der Waals surface area contributed by atoms with Crippen LogP contribution in [0.2, 0.25) is 0 Å². The number of rotatable bonds is 8. The van der Waals surface area contributed by atoms with Crippen molar-refractivity contribution in [2.24, 2.45) is 0 Å². The SMILES string of the molecule is FC(F)COCCc1nc(C(F)(F)F)c(CNC2CC2)s1. The van der Waals surface area contributed by atoms with Gasteiger partial charge in [0.2, 0.25) is 0 Å². The maximum Gasteiger partial charge on any atom is 0.434 e. The Labute approximate surface area is 122 Å². The van der Waals surface area contributed by atoms with Crippen LogP contribution in [0.1, 0.15) is 28.4 Å². The van der Waals surface area contributed by atoms with E-state index in [1.54, 1.807) is 0 Å². The third-order valence-corrected chi connectivity index (χ3v) is 3.96. The number of nitrogens with zero attached hydrogens (tertiary/aromatic N) is 1. The normalized spacial score (nSPS) is 15.9. The molecule has 0 saturated heterocycles. The minimum absolute atomic E-state index is 0.0648. The van der Waals surface area contributed by atoms with Gasteiger partial charge in [0.1, 0.15) is 6.61 Å². The Morgan fingerprint density at radius 2 is 2.05 bits per heavy atom. The van der Waals surface area contributed by atoms with Gasteiger partial charge in [-0.15, -0.1) is 11.3 Å². The summed E-state index contributed by atoms with van der Waals surface area (Å²) in [5.74, 6) is 0. The molecule has 0 bridgehead atoms. The number of alkyl halides is 5. The van der Waals surface area contributed by atoms with Gasteiger partial charge in [0.15, 0.2) is 5.69 Å². The summed E-state index contributed by atoms with van der Waals surface area (Å²) in [6.07, 6.45) is -5.02. The second kappa shape index (κ2) is 6.97. The van der Waals surface area contributed by atoms with Crippen molar-refractivity contribution in [1.82, 2.24) is 10.3 Å². The summed E-state index contributed by atoms with van der Waals surface area (Å²) in [6, 6.07) is 0.297. The van der Waals surface area contributed by atoms with Crippen LogP contribution in [0.15, 0.2) is 0 Å². The van der Waals surface area contributed by atoms with E-state index in [9.17, 15) is 22.0 Å². The smallest absolute Gasteiger partial charge is 0.375 e. The third kappa shape index (κ3) is 5.48. The molecule has 9 heteroatoms. The van der Waals surface area contributed by atoms with E-state index in [4.69, 9.17) is 0 Å². The van der Waals surface area contributed by atoms with Crippen LogP contribution in [0.3, 0.4) is 0 Å². The van der Waals surface area contributed by atoms with E-state index in [0.29, 0.717) is 6.04 Å². The van der Waals surface area contributed by atoms with Crippen LogP contribution in [0.5, 0.6) is 0 Å². The van der Waals surface area contributed by atoms with Crippen LogP contribution in [0.25, 0.3) is 0 Å². The monoisotopic (exact) mass is 330 g/mol. The number of aromatic nitrogens is 1. The topological polar surface area (TPSA) is 34.1 Å². The fourth-order valence-electron chi connectivity index (χ4n) is 1.71. The zero-order valence-corrected chi connectivity index (χ0v) is 11.9. The predicted molar refractivity (Wildman–Crippen MR) is 67.5 cm³/mol. The molecule has 120 valence electrons. The van der Waals surface area contributed by atoms with Crippen LogP contribution in [0.4, 0.5) is 22.0 Å². The summed E-state index contributed by atoms with van der Waals surface area (Å²) in [6.45, 7) is -0.646. The number of nitrogens with one attached hydrogen (secondary N) is 1. The van der Waals surface area contributed by atoms with Crippen molar-refractivity contribution >= 4 is 11.3 Å². The van der Waals surface area contributed by atoms with Gasteiger partial charge in [-0.1, -0.05) is 0 Å². The van der Waals surface area contributed by atoms with Gasteiger partial charge in [-0.2, -0.15) is 13.2 Å². The van der Waals surface area contributed by atoms with Crippen molar-refractivity contribution in [3.8, 4) is 0 Å². The van der Waals surface area contributed by atoms with Gasteiger partial charge in [-0.25, -0.2) is 13.8 Å². The molecule has 0 spiro atoms. The van der Waals surface area contributed by atoms with Crippen molar-refractivity contribution in [2.75, 3.05) is 13.2 Å². The van der Waals surface area contributed by atoms with Crippen LogP contribution in [0, 0.1) is 0 Å². The largest absolute Gasteiger partial charge is 0.434 e. The average molecular weight is 330 g/mol. The Bertz CT molecular complexity index is 459. The fraction of sp³-hybridized carbons (Fsp3) is 0.750. The molecule has 1 heterocycles. The summed E-state index contributed by atoms with van der Waals surface area (Å²) >= 11 is 0.954. The molecule has 0 unspecified atom stereocenters. The Morgan fingerprint density at radius 1 is 1.33 bits per heavy atom. The number of thiazole rings is 1. The summed E-state index contributed by atoms with van der Waals surface area (Å²) in [5.41, 5.74) is -0.885. The minimum Gasteiger partial charge on any atom is -0.375 e. The van der Waals surface area contributed by atoms with E-state index < -0.39 is 24.9 Å². The lowest BCUT2D eigenvalue weighted by Crippen LogP contribution is -2.18. The molecule has 3 nitrogen and oxygen atoms in total. The first kappa shape index (κ1) is 16.6. The predicted octanol–water partition coefficient (Wildman–Crippen LogP) is 3.24. The van der Waals surface area contributed by atoms with E-state index in [1.165, 1.54) is 0 Å². The van der Waals surface area contributed by atoms with Gasteiger partial charge >= 0.3 is 6.18 Å². The fourth-order valence-corrected chi connectivity index (χ4v) is 2.73. The Morgan fingerprint density at radius 3 is 2.62 bits per heavy atom. The molecule has 1 aromatic rings. The minimum atomic E-state index is -4.50. The highest BCUT2D eigenvalue weighted by Gasteiger charge is 2.37. The van der Waals surface area contributed by atoms with Crippen molar-refractivity contribution in [3.05, 3.63) is 15.6 Å². The number of halogens is 5. The van der Waals surface area contributed by atoms with Gasteiger partial charge in [-0.3, -0.25) is 0 Å². The summed E-state index contributed by atoms with van der Waals surface area (Å²) < 4.78 is 67.1. The molecular formula is C12H15F5N2OS. The molecule has 1 aliphatic carbocycles. The summed E-state index contributed by atoms with van der Waals surface area (Å²) in [7, 11) is 0. The zero-order chi connectivity index (χ0) is 15.5. The van der Waals surface area contributed by atoms with Crippen molar-refractivity contribution in [1.29, 1.82) is 0 Å². The molecule has 0 amide bonds. The quantitative estimate of drug-likeness (QED) is 0.587. The molecule has 0 aromatic carbocycles. The average Bonchev–Trinajstić information content (AvgIpc) is 3.10. The van der Waals surface area contributed by atoms with E-state index in [0.717, 1.165) is 24.2 Å². The van der Waals surface area contributed by atoms with Crippen LogP contribution < -0.4 is 5.32 Å². The number of hydrogen-bond donors (Lipinski definition) is 1.